The molecule has 3 aromatic rings. The quantitative estimate of drug-likeness (QED) is 0.302. The molecular weight excluding hydrogens is 435 g/mol. The molecular formula is C26H25FN4O3. The highest BCUT2D eigenvalue weighted by atomic mass is 19.1. The number of hydrogen-bond acceptors (Lipinski definition) is 7. The van der Waals surface area contributed by atoms with Crippen LogP contribution >= 0.6 is 0 Å². The van der Waals surface area contributed by atoms with Gasteiger partial charge in [0.15, 0.2) is 17.4 Å². The maximum Gasteiger partial charge on any atom is 0.341 e. The third kappa shape index (κ3) is 6.35. The smallest absolute Gasteiger partial charge is 0.341 e. The maximum atomic E-state index is 14.2. The monoisotopic (exact) mass is 460 g/mol. The zero-order valence-corrected chi connectivity index (χ0v) is 19.0. The average molecular weight is 461 g/mol. The van der Waals surface area contributed by atoms with Crippen molar-refractivity contribution in [3.63, 3.8) is 0 Å². The van der Waals surface area contributed by atoms with Gasteiger partial charge in [0.1, 0.15) is 18.0 Å². The van der Waals surface area contributed by atoms with E-state index in [4.69, 9.17) is 9.47 Å². The fourth-order valence-corrected chi connectivity index (χ4v) is 2.94. The Morgan fingerprint density at radius 3 is 2.62 bits per heavy atom. The molecule has 0 fully saturated rings. The summed E-state index contributed by atoms with van der Waals surface area (Å²) in [5.74, 6) is -0.635. The molecule has 0 aliphatic carbocycles. The summed E-state index contributed by atoms with van der Waals surface area (Å²) in [6, 6.07) is 11.2. The largest absolute Gasteiger partial charge is 0.483 e. The molecule has 0 saturated carbocycles. The van der Waals surface area contributed by atoms with Gasteiger partial charge in [-0.25, -0.2) is 19.2 Å². The first-order valence-electron chi connectivity index (χ1n) is 10.5. The first kappa shape index (κ1) is 24.3. The third-order valence-electron chi connectivity index (χ3n) is 4.49. The Labute approximate surface area is 197 Å². The summed E-state index contributed by atoms with van der Waals surface area (Å²) in [7, 11) is 0. The van der Waals surface area contributed by atoms with Gasteiger partial charge >= 0.3 is 5.97 Å². The minimum atomic E-state index is -0.706. The molecule has 0 radical (unpaired) electrons. The molecule has 3 rings (SSSR count). The van der Waals surface area contributed by atoms with E-state index in [1.54, 1.807) is 19.9 Å². The number of benzene rings is 1. The molecule has 2 aromatic heterocycles. The summed E-state index contributed by atoms with van der Waals surface area (Å²) in [5.41, 5.74) is 2.24. The molecule has 2 heterocycles. The summed E-state index contributed by atoms with van der Waals surface area (Å²) in [4.78, 5) is 25.1. The first-order valence-corrected chi connectivity index (χ1v) is 10.5. The Bertz CT molecular complexity index is 1230. The standard InChI is InChI=1S/C26H25FN4O3/c1-5-33-26(32)21-14-28-12-11-22(21)30-25-23(34-16-19-9-7-6-8-10-19)15-29-24(31-25)20(18(4)27)13-17(2)3/h6-15H,2,4-5,16H2,1,3H3,(H,28,29,30,31)/b20-13+. The molecule has 0 saturated heterocycles. The highest BCUT2D eigenvalue weighted by molar-refractivity contribution is 5.96. The Morgan fingerprint density at radius 2 is 1.94 bits per heavy atom. The lowest BCUT2D eigenvalue weighted by Gasteiger charge is -2.15. The number of halogens is 1. The number of carbonyl (C=O) groups is 1. The van der Waals surface area contributed by atoms with Gasteiger partial charge in [-0.1, -0.05) is 49.1 Å². The minimum Gasteiger partial charge on any atom is -0.483 e. The van der Waals surface area contributed by atoms with Crippen molar-refractivity contribution < 1.29 is 18.7 Å². The predicted octanol–water partition coefficient (Wildman–Crippen LogP) is 5.81. The van der Waals surface area contributed by atoms with Gasteiger partial charge < -0.3 is 14.8 Å². The van der Waals surface area contributed by atoms with Crippen LogP contribution in [0.2, 0.25) is 0 Å². The molecule has 0 aliphatic heterocycles. The van der Waals surface area contributed by atoms with Gasteiger partial charge in [-0.05, 0) is 31.6 Å². The number of pyridine rings is 1. The number of allylic oxidation sites excluding steroid dienone is 4. The summed E-state index contributed by atoms with van der Waals surface area (Å²) in [6.45, 7) is 11.1. The van der Waals surface area contributed by atoms with E-state index in [1.807, 2.05) is 30.3 Å². The Hall–Kier alpha value is -4.33. The van der Waals surface area contributed by atoms with Gasteiger partial charge in [0.25, 0.3) is 0 Å². The fourth-order valence-electron chi connectivity index (χ4n) is 2.94. The lowest BCUT2D eigenvalue weighted by Crippen LogP contribution is -2.10. The highest BCUT2D eigenvalue weighted by Gasteiger charge is 2.18. The second kappa shape index (κ2) is 11.5. The molecule has 1 N–H and O–H groups in total. The molecule has 0 bridgehead atoms. The zero-order valence-electron chi connectivity index (χ0n) is 19.0. The number of nitrogens with one attached hydrogen (secondary N) is 1. The number of esters is 1. The number of nitrogens with zero attached hydrogens (tertiary/aromatic N) is 3. The van der Waals surface area contributed by atoms with Crippen LogP contribution < -0.4 is 10.1 Å². The van der Waals surface area contributed by atoms with Crippen LogP contribution in [-0.4, -0.2) is 27.5 Å². The number of hydrogen-bond donors (Lipinski definition) is 1. The number of rotatable bonds is 10. The summed E-state index contributed by atoms with van der Waals surface area (Å²) >= 11 is 0. The van der Waals surface area contributed by atoms with Crippen molar-refractivity contribution in [1.29, 1.82) is 0 Å². The van der Waals surface area contributed by atoms with E-state index < -0.39 is 11.8 Å². The second-order valence-electron chi connectivity index (χ2n) is 7.26. The Balaban J connectivity index is 2.03. The lowest BCUT2D eigenvalue weighted by molar-refractivity contribution is 0.0527. The molecule has 1 aromatic carbocycles. The SMILES string of the molecule is C=C(C)/C=C(\C(=C)F)c1ncc(OCc2ccccc2)c(Nc2ccncc2C(=O)OCC)n1. The molecule has 0 amide bonds. The van der Waals surface area contributed by atoms with E-state index in [9.17, 15) is 9.18 Å². The first-order chi connectivity index (χ1) is 16.4. The van der Waals surface area contributed by atoms with Gasteiger partial charge in [0, 0.05) is 12.4 Å². The van der Waals surface area contributed by atoms with Crippen LogP contribution in [0.25, 0.3) is 5.57 Å². The number of anilines is 2. The lowest BCUT2D eigenvalue weighted by atomic mass is 10.1. The van der Waals surface area contributed by atoms with Crippen molar-refractivity contribution in [2.24, 2.45) is 0 Å². The van der Waals surface area contributed by atoms with Crippen molar-refractivity contribution in [1.82, 2.24) is 15.0 Å². The Kier molecular flexibility index (Phi) is 8.23. The minimum absolute atomic E-state index is 0.0804. The van der Waals surface area contributed by atoms with Crippen LogP contribution in [0.15, 0.2) is 85.6 Å². The van der Waals surface area contributed by atoms with Crippen LogP contribution in [0.1, 0.15) is 35.6 Å². The van der Waals surface area contributed by atoms with Gasteiger partial charge in [0.2, 0.25) is 0 Å². The molecule has 0 aliphatic rings. The fraction of sp³-hybridized carbons (Fsp3) is 0.154. The molecule has 7 nitrogen and oxygen atoms in total. The molecule has 0 atom stereocenters. The second-order valence-corrected chi connectivity index (χ2v) is 7.26. The van der Waals surface area contributed by atoms with Gasteiger partial charge in [0.05, 0.1) is 24.1 Å². The average Bonchev–Trinajstić information content (AvgIpc) is 2.82. The van der Waals surface area contributed by atoms with Crippen molar-refractivity contribution in [3.05, 3.63) is 103 Å². The van der Waals surface area contributed by atoms with Crippen molar-refractivity contribution in [3.8, 4) is 5.75 Å². The van der Waals surface area contributed by atoms with Gasteiger partial charge in [-0.3, -0.25) is 4.98 Å². The number of ether oxygens (including phenoxy) is 2. The van der Waals surface area contributed by atoms with Crippen molar-refractivity contribution in [2.45, 2.75) is 20.5 Å². The van der Waals surface area contributed by atoms with Gasteiger partial charge in [-0.15, -0.1) is 0 Å². The van der Waals surface area contributed by atoms with E-state index in [1.165, 1.54) is 24.7 Å². The molecule has 0 spiro atoms. The predicted molar refractivity (Wildman–Crippen MR) is 129 cm³/mol. The van der Waals surface area contributed by atoms with E-state index >= 15 is 0 Å². The van der Waals surface area contributed by atoms with E-state index in [2.05, 4.69) is 33.4 Å². The molecule has 34 heavy (non-hydrogen) atoms. The summed E-state index contributed by atoms with van der Waals surface area (Å²) in [5, 5.41) is 3.09. The normalized spacial score (nSPS) is 11.0. The van der Waals surface area contributed by atoms with Crippen molar-refractivity contribution >= 4 is 23.0 Å². The third-order valence-corrected chi connectivity index (χ3v) is 4.49. The number of carbonyl (C=O) groups excluding carboxylic acids is 1. The van der Waals surface area contributed by atoms with Crippen molar-refractivity contribution in [2.75, 3.05) is 11.9 Å². The summed E-state index contributed by atoms with van der Waals surface area (Å²) < 4.78 is 25.3. The molecule has 8 heteroatoms. The van der Waals surface area contributed by atoms with E-state index in [0.29, 0.717) is 17.0 Å². The Morgan fingerprint density at radius 1 is 1.18 bits per heavy atom. The molecule has 0 unspecified atom stereocenters. The van der Waals surface area contributed by atoms with Crippen LogP contribution in [0.4, 0.5) is 15.9 Å². The molecule has 174 valence electrons. The van der Waals surface area contributed by atoms with Crippen LogP contribution in [0.5, 0.6) is 5.75 Å². The topological polar surface area (TPSA) is 86.2 Å². The van der Waals surface area contributed by atoms with Crippen LogP contribution in [-0.2, 0) is 11.3 Å². The summed E-state index contributed by atoms with van der Waals surface area (Å²) in [6.07, 6.45) is 5.85. The van der Waals surface area contributed by atoms with Crippen LogP contribution in [0, 0.1) is 0 Å². The van der Waals surface area contributed by atoms with E-state index in [0.717, 1.165) is 5.56 Å². The van der Waals surface area contributed by atoms with Crippen LogP contribution in [0.3, 0.4) is 0 Å². The zero-order chi connectivity index (χ0) is 24.5. The number of aromatic nitrogens is 3. The van der Waals surface area contributed by atoms with Gasteiger partial charge in [-0.2, -0.15) is 0 Å². The van der Waals surface area contributed by atoms with E-state index in [-0.39, 0.29) is 36.0 Å². The highest BCUT2D eigenvalue weighted by Crippen LogP contribution is 2.31. The maximum absolute atomic E-state index is 14.2.